The first-order valence-corrected chi connectivity index (χ1v) is 9.51. The second-order valence-corrected chi connectivity index (χ2v) is 7.51. The van der Waals surface area contributed by atoms with Crippen LogP contribution in [0.15, 0.2) is 24.3 Å². The van der Waals surface area contributed by atoms with Gasteiger partial charge >= 0.3 is 10.3 Å². The molecule has 0 aromatic heterocycles. The fraction of sp³-hybridized carbons (Fsp3) is 0.600. The van der Waals surface area contributed by atoms with E-state index in [2.05, 4.69) is 4.72 Å². The van der Waals surface area contributed by atoms with Crippen LogP contribution in [0.4, 0.5) is 0 Å². The van der Waals surface area contributed by atoms with Crippen molar-refractivity contribution in [3.8, 4) is 0 Å². The van der Waals surface area contributed by atoms with Gasteiger partial charge in [-0.3, -0.25) is 0 Å². The number of halogens is 1. The van der Waals surface area contributed by atoms with E-state index in [9.17, 15) is 8.42 Å². The fourth-order valence-corrected chi connectivity index (χ4v) is 4.11. The van der Waals surface area contributed by atoms with E-state index in [0.717, 1.165) is 25.7 Å². The predicted octanol–water partition coefficient (Wildman–Crippen LogP) is 2.90. The van der Waals surface area contributed by atoms with Gasteiger partial charge in [0.05, 0.1) is 0 Å². The minimum absolute atomic E-state index is 0.234. The van der Waals surface area contributed by atoms with Crippen LogP contribution in [-0.4, -0.2) is 27.0 Å². The highest BCUT2D eigenvalue weighted by atomic mass is 35.5. The van der Waals surface area contributed by atoms with E-state index in [1.54, 1.807) is 25.1 Å². The van der Waals surface area contributed by atoms with Gasteiger partial charge in [-0.1, -0.05) is 36.7 Å². The summed E-state index contributed by atoms with van der Waals surface area (Å²) in [6.07, 6.45) is 1.64. The molecule has 3 rings (SSSR count). The summed E-state index contributed by atoms with van der Waals surface area (Å²) in [5.41, 5.74) is 0.662. The Morgan fingerprint density at radius 2 is 2.00 bits per heavy atom. The molecule has 1 saturated heterocycles. The maximum Gasteiger partial charge on any atom is 0.338 e. The van der Waals surface area contributed by atoms with Gasteiger partial charge < -0.3 is 9.47 Å². The van der Waals surface area contributed by atoms with Crippen molar-refractivity contribution in [1.82, 2.24) is 4.72 Å². The molecule has 1 N–H and O–H groups in total. The molecule has 1 spiro atoms. The van der Waals surface area contributed by atoms with Gasteiger partial charge in [-0.2, -0.15) is 13.1 Å². The Balaban J connectivity index is 1.89. The summed E-state index contributed by atoms with van der Waals surface area (Å²) >= 11 is 6.24. The molecule has 2 aliphatic rings. The van der Waals surface area contributed by atoms with Gasteiger partial charge in [0.15, 0.2) is 5.79 Å². The summed E-state index contributed by atoms with van der Waals surface area (Å²) < 4.78 is 43.4. The summed E-state index contributed by atoms with van der Waals surface area (Å²) in [6, 6.07) is 7.15. The first-order chi connectivity index (χ1) is 10.9. The van der Waals surface area contributed by atoms with Gasteiger partial charge in [-0.15, -0.1) is 0 Å². The average molecular weight is 362 g/mol. The third-order valence-corrected chi connectivity index (χ3v) is 5.47. The Kier molecular flexibility index (Phi) is 4.96. The largest absolute Gasteiger partial charge is 0.338 e. The van der Waals surface area contributed by atoms with Crippen LogP contribution in [-0.2, 0) is 24.0 Å². The molecule has 1 saturated carbocycles. The Morgan fingerprint density at radius 1 is 1.30 bits per heavy atom. The molecule has 1 aromatic carbocycles. The Hall–Kier alpha value is -0.700. The lowest BCUT2D eigenvalue weighted by Gasteiger charge is -2.21. The van der Waals surface area contributed by atoms with Gasteiger partial charge in [0, 0.05) is 30.0 Å². The minimum Gasteiger partial charge on any atom is -0.336 e. The molecule has 0 bridgehead atoms. The van der Waals surface area contributed by atoms with Crippen LogP contribution in [0, 0.1) is 0 Å². The normalized spacial score (nSPS) is 26.9. The van der Waals surface area contributed by atoms with Crippen LogP contribution >= 0.6 is 11.6 Å². The lowest BCUT2D eigenvalue weighted by Crippen LogP contribution is -2.33. The quantitative estimate of drug-likeness (QED) is 0.872. The third kappa shape index (κ3) is 3.70. The van der Waals surface area contributed by atoms with E-state index < -0.39 is 28.5 Å². The maximum absolute atomic E-state index is 11.9. The highest BCUT2D eigenvalue weighted by Crippen LogP contribution is 2.48. The van der Waals surface area contributed by atoms with Crippen LogP contribution in [0.3, 0.4) is 0 Å². The number of rotatable bonds is 5. The topological polar surface area (TPSA) is 73.9 Å². The third-order valence-electron chi connectivity index (χ3n) is 4.04. The highest BCUT2D eigenvalue weighted by molar-refractivity contribution is 7.84. The van der Waals surface area contributed by atoms with Gasteiger partial charge in [0.1, 0.15) is 6.10 Å². The molecule has 2 fully saturated rings. The van der Waals surface area contributed by atoms with Gasteiger partial charge in [0.2, 0.25) is 6.29 Å². The van der Waals surface area contributed by atoms with Crippen molar-refractivity contribution in [3.63, 3.8) is 0 Å². The number of hydrogen-bond donors (Lipinski definition) is 1. The molecule has 6 nitrogen and oxygen atoms in total. The molecule has 8 heteroatoms. The zero-order valence-corrected chi connectivity index (χ0v) is 14.4. The van der Waals surface area contributed by atoms with Crippen LogP contribution < -0.4 is 4.72 Å². The summed E-state index contributed by atoms with van der Waals surface area (Å²) in [6.45, 7) is 1.91. The molecule has 1 heterocycles. The van der Waals surface area contributed by atoms with Gasteiger partial charge in [-0.05, 0) is 18.9 Å². The van der Waals surface area contributed by atoms with Crippen molar-refractivity contribution in [3.05, 3.63) is 34.9 Å². The molecule has 2 atom stereocenters. The van der Waals surface area contributed by atoms with Crippen LogP contribution in [0.2, 0.25) is 5.02 Å². The zero-order chi connectivity index (χ0) is 16.5. The van der Waals surface area contributed by atoms with Crippen LogP contribution in [0.5, 0.6) is 0 Å². The molecule has 2 unspecified atom stereocenters. The molecule has 1 aliphatic carbocycles. The van der Waals surface area contributed by atoms with Crippen LogP contribution in [0.1, 0.15) is 44.3 Å². The second kappa shape index (κ2) is 6.66. The van der Waals surface area contributed by atoms with E-state index in [-0.39, 0.29) is 6.54 Å². The summed E-state index contributed by atoms with van der Waals surface area (Å²) in [7, 11) is -3.91. The molecule has 128 valence electrons. The van der Waals surface area contributed by atoms with Gasteiger partial charge in [-0.25, -0.2) is 4.18 Å². The van der Waals surface area contributed by atoms with E-state index in [1.807, 2.05) is 6.07 Å². The van der Waals surface area contributed by atoms with Crippen molar-refractivity contribution < 1.29 is 22.1 Å². The highest BCUT2D eigenvalue weighted by Gasteiger charge is 2.52. The lowest BCUT2D eigenvalue weighted by molar-refractivity contribution is -0.188. The predicted molar refractivity (Wildman–Crippen MR) is 85.0 cm³/mol. The Bertz CT molecular complexity index is 660. The summed E-state index contributed by atoms with van der Waals surface area (Å²) in [5.74, 6) is -0.782. The SMILES string of the molecule is CCNS(=O)(=O)OC1OC2(CCCC2)OC1c1ccccc1Cl. The Morgan fingerprint density at radius 3 is 2.65 bits per heavy atom. The van der Waals surface area contributed by atoms with Crippen LogP contribution in [0.25, 0.3) is 0 Å². The summed E-state index contributed by atoms with van der Waals surface area (Å²) in [4.78, 5) is 0. The number of benzene rings is 1. The smallest absolute Gasteiger partial charge is 0.336 e. The molecule has 0 radical (unpaired) electrons. The molecule has 1 aliphatic heterocycles. The fourth-order valence-electron chi connectivity index (χ4n) is 3.06. The van der Waals surface area contributed by atoms with Gasteiger partial charge in [0.25, 0.3) is 0 Å². The van der Waals surface area contributed by atoms with Crippen molar-refractivity contribution in [2.45, 2.75) is 50.8 Å². The van der Waals surface area contributed by atoms with E-state index in [1.165, 1.54) is 0 Å². The molecular formula is C15H20ClNO5S. The van der Waals surface area contributed by atoms with E-state index >= 15 is 0 Å². The Labute approximate surface area is 141 Å². The molecule has 23 heavy (non-hydrogen) atoms. The second-order valence-electron chi connectivity index (χ2n) is 5.71. The van der Waals surface area contributed by atoms with Crippen molar-refractivity contribution in [2.24, 2.45) is 0 Å². The zero-order valence-electron chi connectivity index (χ0n) is 12.8. The number of hydrogen-bond acceptors (Lipinski definition) is 5. The minimum atomic E-state index is -3.91. The van der Waals surface area contributed by atoms with Crippen molar-refractivity contribution >= 4 is 21.9 Å². The first kappa shape index (κ1) is 17.1. The van der Waals surface area contributed by atoms with E-state index in [0.29, 0.717) is 10.6 Å². The average Bonchev–Trinajstić information content (AvgIpc) is 3.07. The first-order valence-electron chi connectivity index (χ1n) is 7.73. The summed E-state index contributed by atoms with van der Waals surface area (Å²) in [5, 5.41) is 0.491. The molecular weight excluding hydrogens is 342 g/mol. The van der Waals surface area contributed by atoms with E-state index in [4.69, 9.17) is 25.3 Å². The maximum atomic E-state index is 11.9. The molecule has 0 amide bonds. The standard InChI is InChI=1S/C15H20ClNO5S/c1-2-17-23(18,19)22-14-13(11-7-3-4-8-12(11)16)20-15(21-14)9-5-6-10-15/h3-4,7-8,13-14,17H,2,5-6,9-10H2,1H3. The van der Waals surface area contributed by atoms with Crippen molar-refractivity contribution in [2.75, 3.05) is 6.54 Å². The number of nitrogens with one attached hydrogen (secondary N) is 1. The monoisotopic (exact) mass is 361 g/mol. The lowest BCUT2D eigenvalue weighted by atomic mass is 10.1. The van der Waals surface area contributed by atoms with Crippen molar-refractivity contribution in [1.29, 1.82) is 0 Å². The molecule has 1 aromatic rings. The number of ether oxygens (including phenoxy) is 2.